The van der Waals surface area contributed by atoms with Crippen LogP contribution in [0.25, 0.3) is 0 Å². The van der Waals surface area contributed by atoms with Crippen molar-refractivity contribution in [3.05, 3.63) is 11.9 Å². The standard InChI is InChI=1S/C15H30N6/c1-13(2)16-10-14-11-21(18-17-14)9-8-20(4)15-6-5-7-19(3)12-15/h11,13,15-16H,5-10,12H2,1-4H3. The number of likely N-dealkylation sites (tertiary alicyclic amines) is 1. The van der Waals surface area contributed by atoms with Gasteiger partial charge < -0.3 is 15.1 Å². The molecule has 2 rings (SSSR count). The number of aromatic nitrogens is 3. The lowest BCUT2D eigenvalue weighted by molar-refractivity contribution is 0.130. The molecule has 0 aliphatic carbocycles. The minimum Gasteiger partial charge on any atom is -0.309 e. The summed E-state index contributed by atoms with van der Waals surface area (Å²) < 4.78 is 1.96. The largest absolute Gasteiger partial charge is 0.309 e. The van der Waals surface area contributed by atoms with Gasteiger partial charge in [-0.2, -0.15) is 0 Å². The molecule has 6 nitrogen and oxygen atoms in total. The summed E-state index contributed by atoms with van der Waals surface area (Å²) in [4.78, 5) is 4.89. The Bertz CT molecular complexity index is 416. The van der Waals surface area contributed by atoms with Gasteiger partial charge in [0.2, 0.25) is 0 Å². The molecule has 1 aromatic heterocycles. The molecule has 1 N–H and O–H groups in total. The summed E-state index contributed by atoms with van der Waals surface area (Å²) in [6.45, 7) is 9.42. The molecular weight excluding hydrogens is 264 g/mol. The van der Waals surface area contributed by atoms with Crippen LogP contribution in [0.5, 0.6) is 0 Å². The van der Waals surface area contributed by atoms with Crippen molar-refractivity contribution >= 4 is 0 Å². The van der Waals surface area contributed by atoms with E-state index < -0.39 is 0 Å². The molecule has 120 valence electrons. The zero-order chi connectivity index (χ0) is 15.2. The van der Waals surface area contributed by atoms with Crippen LogP contribution in [-0.2, 0) is 13.1 Å². The molecule has 6 heteroatoms. The van der Waals surface area contributed by atoms with E-state index >= 15 is 0 Å². The summed E-state index contributed by atoms with van der Waals surface area (Å²) in [6, 6.07) is 1.15. The van der Waals surface area contributed by atoms with Crippen molar-refractivity contribution in [3.8, 4) is 0 Å². The van der Waals surface area contributed by atoms with Gasteiger partial charge >= 0.3 is 0 Å². The fourth-order valence-electron chi connectivity index (χ4n) is 2.78. The predicted octanol–water partition coefficient (Wildman–Crippen LogP) is 0.802. The van der Waals surface area contributed by atoms with Crippen molar-refractivity contribution in [2.75, 3.05) is 33.7 Å². The summed E-state index contributed by atoms with van der Waals surface area (Å²) in [6.07, 6.45) is 4.66. The SMILES string of the molecule is CC(C)NCc1cn(CCN(C)C2CCCN(C)C2)nn1. The van der Waals surface area contributed by atoms with E-state index in [1.165, 1.54) is 25.9 Å². The quantitative estimate of drug-likeness (QED) is 0.806. The van der Waals surface area contributed by atoms with Gasteiger partial charge in [-0.3, -0.25) is 4.68 Å². The van der Waals surface area contributed by atoms with Crippen LogP contribution in [0.15, 0.2) is 6.20 Å². The van der Waals surface area contributed by atoms with Crippen LogP contribution >= 0.6 is 0 Å². The van der Waals surface area contributed by atoms with Crippen molar-refractivity contribution in [1.82, 2.24) is 30.1 Å². The highest BCUT2D eigenvalue weighted by atomic mass is 15.4. The molecule has 0 saturated carbocycles. The van der Waals surface area contributed by atoms with Crippen LogP contribution in [0.3, 0.4) is 0 Å². The second-order valence-electron chi connectivity index (χ2n) is 6.55. The van der Waals surface area contributed by atoms with E-state index in [1.54, 1.807) is 0 Å². The fraction of sp³-hybridized carbons (Fsp3) is 0.867. The zero-order valence-electron chi connectivity index (χ0n) is 13.9. The summed E-state index contributed by atoms with van der Waals surface area (Å²) in [5.74, 6) is 0. The molecule has 0 bridgehead atoms. The smallest absolute Gasteiger partial charge is 0.0964 e. The average Bonchev–Trinajstić information content (AvgIpc) is 2.90. The highest BCUT2D eigenvalue weighted by molar-refractivity contribution is 4.92. The molecule has 1 atom stereocenters. The summed E-state index contributed by atoms with van der Waals surface area (Å²) >= 11 is 0. The third-order valence-electron chi connectivity index (χ3n) is 4.18. The van der Waals surface area contributed by atoms with E-state index in [1.807, 2.05) is 4.68 Å². The van der Waals surface area contributed by atoms with Crippen LogP contribution < -0.4 is 5.32 Å². The summed E-state index contributed by atoms with van der Waals surface area (Å²) in [5, 5.41) is 11.8. The van der Waals surface area contributed by atoms with Crippen molar-refractivity contribution in [2.24, 2.45) is 0 Å². The average molecular weight is 294 g/mol. The molecule has 1 fully saturated rings. The minimum absolute atomic E-state index is 0.476. The van der Waals surface area contributed by atoms with Gasteiger partial charge in [0, 0.05) is 37.9 Å². The molecule has 0 spiro atoms. The van der Waals surface area contributed by atoms with E-state index in [4.69, 9.17) is 0 Å². The van der Waals surface area contributed by atoms with E-state index in [9.17, 15) is 0 Å². The van der Waals surface area contributed by atoms with Gasteiger partial charge in [-0.1, -0.05) is 19.1 Å². The van der Waals surface area contributed by atoms with E-state index in [0.717, 1.165) is 25.3 Å². The molecule has 1 aliphatic rings. The fourth-order valence-corrected chi connectivity index (χ4v) is 2.78. The van der Waals surface area contributed by atoms with Gasteiger partial charge in [-0.25, -0.2) is 0 Å². The first-order valence-corrected chi connectivity index (χ1v) is 8.05. The first-order chi connectivity index (χ1) is 10.0. The molecule has 1 aliphatic heterocycles. The number of piperidine rings is 1. The highest BCUT2D eigenvalue weighted by Gasteiger charge is 2.20. The zero-order valence-corrected chi connectivity index (χ0v) is 13.9. The molecule has 1 saturated heterocycles. The third-order valence-corrected chi connectivity index (χ3v) is 4.18. The van der Waals surface area contributed by atoms with Crippen molar-refractivity contribution in [1.29, 1.82) is 0 Å². The Labute approximate surface area is 128 Å². The van der Waals surface area contributed by atoms with Crippen LogP contribution in [0.2, 0.25) is 0 Å². The number of nitrogens with one attached hydrogen (secondary N) is 1. The Kier molecular flexibility index (Phi) is 6.14. The van der Waals surface area contributed by atoms with Crippen LogP contribution in [-0.4, -0.2) is 70.6 Å². The lowest BCUT2D eigenvalue weighted by Crippen LogP contribution is -2.45. The Morgan fingerprint density at radius 2 is 2.29 bits per heavy atom. The highest BCUT2D eigenvalue weighted by Crippen LogP contribution is 2.13. The van der Waals surface area contributed by atoms with Gasteiger partial charge in [0.1, 0.15) is 0 Å². The third kappa shape index (κ3) is 5.37. The molecule has 1 aromatic rings. The minimum atomic E-state index is 0.476. The van der Waals surface area contributed by atoms with Crippen LogP contribution in [0.4, 0.5) is 0 Å². The second kappa shape index (κ2) is 7.87. The van der Waals surface area contributed by atoms with Gasteiger partial charge in [-0.15, -0.1) is 5.10 Å². The summed E-state index contributed by atoms with van der Waals surface area (Å²) in [5.41, 5.74) is 1.02. The Morgan fingerprint density at radius 3 is 3.00 bits per heavy atom. The lowest BCUT2D eigenvalue weighted by Gasteiger charge is -2.35. The van der Waals surface area contributed by atoms with E-state index in [-0.39, 0.29) is 0 Å². The molecule has 0 radical (unpaired) electrons. The molecule has 0 amide bonds. The molecular formula is C15H30N6. The molecule has 0 aromatic carbocycles. The monoisotopic (exact) mass is 294 g/mol. The van der Waals surface area contributed by atoms with E-state index in [0.29, 0.717) is 12.1 Å². The molecule has 1 unspecified atom stereocenters. The first kappa shape index (κ1) is 16.4. The van der Waals surface area contributed by atoms with Gasteiger partial charge in [0.05, 0.1) is 12.2 Å². The molecule has 2 heterocycles. The maximum absolute atomic E-state index is 4.22. The van der Waals surface area contributed by atoms with Crippen molar-refractivity contribution in [2.45, 2.75) is 51.9 Å². The second-order valence-corrected chi connectivity index (χ2v) is 6.55. The van der Waals surface area contributed by atoms with Crippen LogP contribution in [0.1, 0.15) is 32.4 Å². The van der Waals surface area contributed by atoms with E-state index in [2.05, 4.69) is 59.6 Å². The first-order valence-electron chi connectivity index (χ1n) is 8.05. The summed E-state index contributed by atoms with van der Waals surface area (Å²) in [7, 11) is 4.44. The lowest BCUT2D eigenvalue weighted by atomic mass is 10.1. The van der Waals surface area contributed by atoms with Crippen LogP contribution in [0, 0.1) is 0 Å². The number of hydrogen-bond donors (Lipinski definition) is 1. The molecule has 21 heavy (non-hydrogen) atoms. The van der Waals surface area contributed by atoms with Crippen molar-refractivity contribution < 1.29 is 0 Å². The van der Waals surface area contributed by atoms with Gasteiger partial charge in [0.15, 0.2) is 0 Å². The topological polar surface area (TPSA) is 49.2 Å². The van der Waals surface area contributed by atoms with Crippen molar-refractivity contribution in [3.63, 3.8) is 0 Å². The Hall–Kier alpha value is -0.980. The predicted molar refractivity (Wildman–Crippen MR) is 85.1 cm³/mol. The van der Waals surface area contributed by atoms with Gasteiger partial charge in [-0.05, 0) is 33.5 Å². The maximum Gasteiger partial charge on any atom is 0.0964 e. The maximum atomic E-state index is 4.22. The Morgan fingerprint density at radius 1 is 1.48 bits per heavy atom. The normalized spacial score (nSPS) is 20.6. The number of likely N-dealkylation sites (N-methyl/N-ethyl adjacent to an activating group) is 2. The number of rotatable bonds is 7. The number of nitrogens with zero attached hydrogens (tertiary/aromatic N) is 5. The number of hydrogen-bond acceptors (Lipinski definition) is 5. The van der Waals surface area contributed by atoms with Gasteiger partial charge in [0.25, 0.3) is 0 Å². The Balaban J connectivity index is 1.74.